The van der Waals surface area contributed by atoms with E-state index < -0.39 is 0 Å². The molecule has 2 aliphatic rings. The van der Waals surface area contributed by atoms with Gasteiger partial charge >= 0.3 is 17.1 Å². The molecule has 4 nitrogen and oxygen atoms in total. The molecule has 0 amide bonds. The van der Waals surface area contributed by atoms with E-state index in [1.165, 1.54) is 25.7 Å². The SMILES string of the molecule is [Cl-].[Cu+2].[NH-][C@@H]1CCCC[C@H]1[NH-].[NH-][C@@H]1CCCC[C@H]1[NH-]. The zero-order valence-electron chi connectivity index (χ0n) is 10.6. The van der Waals surface area contributed by atoms with Crippen molar-refractivity contribution in [2.45, 2.75) is 75.5 Å². The molecule has 6 heteroatoms. The molecule has 2 rings (SSSR count). The first-order chi connectivity index (χ1) is 7.61. The molecule has 0 bridgehead atoms. The number of rotatable bonds is 0. The maximum Gasteiger partial charge on any atom is 2.00 e. The van der Waals surface area contributed by atoms with E-state index in [2.05, 4.69) is 0 Å². The predicted molar refractivity (Wildman–Crippen MR) is 69.4 cm³/mol. The smallest absolute Gasteiger partial charge is 1.00 e. The van der Waals surface area contributed by atoms with E-state index in [1.54, 1.807) is 0 Å². The summed E-state index contributed by atoms with van der Waals surface area (Å²) in [7, 11) is 0. The average Bonchev–Trinajstić information content (AvgIpc) is 2.28. The zero-order chi connectivity index (χ0) is 12.0. The molecule has 4 N–H and O–H groups in total. The second kappa shape index (κ2) is 11.5. The van der Waals surface area contributed by atoms with Gasteiger partial charge in [0.05, 0.1) is 0 Å². The van der Waals surface area contributed by atoms with E-state index in [0.29, 0.717) is 0 Å². The standard InChI is InChI=1S/2C6H12N2.ClH.Cu/c2*7-5-3-1-2-4-6(5)8;;/h2*5-8H,1-4H2;1H;/q2*-2;;+2/p-1/t2*5-,6-;;/m11../s1. The quantitative estimate of drug-likeness (QED) is 0.608. The van der Waals surface area contributed by atoms with Crippen LogP contribution in [0.4, 0.5) is 0 Å². The van der Waals surface area contributed by atoms with E-state index in [1.807, 2.05) is 0 Å². The summed E-state index contributed by atoms with van der Waals surface area (Å²) in [5.74, 6) is 0. The molecular weight excluding hydrogens is 299 g/mol. The fourth-order valence-electron chi connectivity index (χ4n) is 2.26. The van der Waals surface area contributed by atoms with Crippen molar-refractivity contribution in [3.8, 4) is 0 Å². The number of hydrogen-bond acceptors (Lipinski definition) is 0. The summed E-state index contributed by atoms with van der Waals surface area (Å²) < 4.78 is 0. The zero-order valence-corrected chi connectivity index (χ0v) is 12.3. The van der Waals surface area contributed by atoms with Gasteiger partial charge in [-0.2, -0.15) is 24.2 Å². The summed E-state index contributed by atoms with van der Waals surface area (Å²) in [5, 5.41) is 0. The monoisotopic (exact) mass is 322 g/mol. The fraction of sp³-hybridized carbons (Fsp3) is 1.00. The summed E-state index contributed by atoms with van der Waals surface area (Å²) >= 11 is 0. The van der Waals surface area contributed by atoms with Gasteiger partial charge in [-0.25, -0.2) is 0 Å². The van der Waals surface area contributed by atoms with Crippen LogP contribution in [0.2, 0.25) is 0 Å². The maximum absolute atomic E-state index is 7.29. The minimum absolute atomic E-state index is 0. The van der Waals surface area contributed by atoms with Gasteiger partial charge in [0.15, 0.2) is 0 Å². The molecule has 0 spiro atoms. The molecule has 1 radical (unpaired) electrons. The molecule has 113 valence electrons. The van der Waals surface area contributed by atoms with Crippen molar-refractivity contribution in [2.24, 2.45) is 0 Å². The first-order valence-corrected chi connectivity index (χ1v) is 6.45. The molecule has 0 aliphatic heterocycles. The van der Waals surface area contributed by atoms with Crippen LogP contribution in [0, 0.1) is 0 Å². The van der Waals surface area contributed by atoms with Gasteiger partial charge in [0.2, 0.25) is 0 Å². The fourth-order valence-corrected chi connectivity index (χ4v) is 2.26. The van der Waals surface area contributed by atoms with Crippen molar-refractivity contribution in [3.05, 3.63) is 22.9 Å². The summed E-state index contributed by atoms with van der Waals surface area (Å²) in [5.41, 5.74) is 29.2. The predicted octanol–water partition coefficient (Wildman–Crippen LogP) is 1.81. The van der Waals surface area contributed by atoms with Gasteiger partial charge in [-0.3, -0.25) is 0 Å². The largest absolute Gasteiger partial charge is 2.00 e. The number of nitrogens with one attached hydrogen (secondary N) is 4. The Kier molecular flexibility index (Phi) is 13.4. The van der Waals surface area contributed by atoms with Crippen molar-refractivity contribution in [1.29, 1.82) is 0 Å². The molecule has 2 aliphatic carbocycles. The molecule has 18 heavy (non-hydrogen) atoms. The molecular formula is C12H24ClCuN4-3. The molecule has 4 atom stereocenters. The third kappa shape index (κ3) is 7.95. The summed E-state index contributed by atoms with van der Waals surface area (Å²) in [6, 6.07) is -0.319. The topological polar surface area (TPSA) is 95.2 Å². The summed E-state index contributed by atoms with van der Waals surface area (Å²) in [4.78, 5) is 0. The second-order valence-electron chi connectivity index (χ2n) is 4.99. The van der Waals surface area contributed by atoms with Crippen LogP contribution in [0.5, 0.6) is 0 Å². The third-order valence-electron chi connectivity index (χ3n) is 3.53. The van der Waals surface area contributed by atoms with Crippen LogP contribution in [-0.4, -0.2) is 24.2 Å². The van der Waals surface area contributed by atoms with E-state index in [-0.39, 0.29) is 53.6 Å². The van der Waals surface area contributed by atoms with Crippen LogP contribution in [0.1, 0.15) is 51.4 Å². The van der Waals surface area contributed by atoms with Gasteiger partial charge < -0.3 is 35.3 Å². The first kappa shape index (κ1) is 21.0. The average molecular weight is 323 g/mol. The minimum atomic E-state index is -0.0799. The van der Waals surface area contributed by atoms with E-state index >= 15 is 0 Å². The number of halogens is 1. The minimum Gasteiger partial charge on any atom is -1.00 e. The summed E-state index contributed by atoms with van der Waals surface area (Å²) in [6.45, 7) is 0. The summed E-state index contributed by atoms with van der Waals surface area (Å²) in [6.07, 6.45) is 8.49. The molecule has 0 unspecified atom stereocenters. The second-order valence-corrected chi connectivity index (χ2v) is 4.99. The first-order valence-electron chi connectivity index (χ1n) is 6.45. The van der Waals surface area contributed by atoms with Gasteiger partial charge in [-0.1, -0.05) is 51.4 Å². The van der Waals surface area contributed by atoms with Crippen LogP contribution in [0.3, 0.4) is 0 Å². The van der Waals surface area contributed by atoms with Crippen molar-refractivity contribution >= 4 is 0 Å². The Labute approximate surface area is 128 Å². The van der Waals surface area contributed by atoms with Gasteiger partial charge in [0.25, 0.3) is 0 Å². The Morgan fingerprint density at radius 1 is 0.500 bits per heavy atom. The normalized spacial score (nSPS) is 35.3. The van der Waals surface area contributed by atoms with Crippen LogP contribution in [0.25, 0.3) is 22.9 Å². The van der Waals surface area contributed by atoms with Gasteiger partial charge in [0.1, 0.15) is 0 Å². The maximum atomic E-state index is 7.29. The van der Waals surface area contributed by atoms with E-state index in [4.69, 9.17) is 22.9 Å². The molecule has 0 aromatic rings. The molecule has 0 aromatic heterocycles. The van der Waals surface area contributed by atoms with E-state index in [0.717, 1.165) is 25.7 Å². The van der Waals surface area contributed by atoms with Crippen molar-refractivity contribution in [1.82, 2.24) is 0 Å². The van der Waals surface area contributed by atoms with Gasteiger partial charge in [-0.05, 0) is 0 Å². The van der Waals surface area contributed by atoms with Crippen molar-refractivity contribution in [2.75, 3.05) is 0 Å². The molecule has 0 saturated heterocycles. The van der Waals surface area contributed by atoms with Gasteiger partial charge in [0, 0.05) is 0 Å². The molecule has 0 heterocycles. The van der Waals surface area contributed by atoms with Crippen LogP contribution < -0.4 is 12.4 Å². The van der Waals surface area contributed by atoms with Crippen molar-refractivity contribution < 1.29 is 29.5 Å². The number of hydrogen-bond donors (Lipinski definition) is 0. The van der Waals surface area contributed by atoms with Crippen molar-refractivity contribution in [3.63, 3.8) is 0 Å². The molecule has 0 aromatic carbocycles. The van der Waals surface area contributed by atoms with Crippen LogP contribution in [-0.2, 0) is 17.1 Å². The Morgan fingerprint density at radius 2 is 0.667 bits per heavy atom. The molecule has 2 saturated carbocycles. The molecule has 2 fully saturated rings. The van der Waals surface area contributed by atoms with Crippen LogP contribution in [0.15, 0.2) is 0 Å². The third-order valence-corrected chi connectivity index (χ3v) is 3.53. The van der Waals surface area contributed by atoms with Crippen LogP contribution >= 0.6 is 0 Å². The Morgan fingerprint density at radius 3 is 0.778 bits per heavy atom. The van der Waals surface area contributed by atoms with E-state index in [9.17, 15) is 0 Å². The Bertz CT molecular complexity index is 157. The Balaban J connectivity index is 0. The van der Waals surface area contributed by atoms with Gasteiger partial charge in [-0.15, -0.1) is 0 Å². The Hall–Kier alpha value is 0.649.